The van der Waals surface area contributed by atoms with Crippen LogP contribution in [0.1, 0.15) is 84.5 Å². The van der Waals surface area contributed by atoms with Crippen molar-refractivity contribution in [2.75, 3.05) is 0 Å². The number of aliphatic hydroxyl groups is 1. The molecule has 7 heteroatoms. The Kier molecular flexibility index (Phi) is 24.0. The fourth-order valence-electron chi connectivity index (χ4n) is 1.93. The van der Waals surface area contributed by atoms with Gasteiger partial charge in [0.25, 0.3) is 0 Å². The Morgan fingerprint density at radius 3 is 1.38 bits per heavy atom. The van der Waals surface area contributed by atoms with Crippen LogP contribution in [-0.2, 0) is 10.4 Å². The first kappa shape index (κ1) is 26.7. The van der Waals surface area contributed by atoms with Crippen molar-refractivity contribution in [1.82, 2.24) is 0 Å². The predicted octanol–water partition coefficient (Wildman–Crippen LogP) is 3.38. The number of hydrogen-bond donors (Lipinski definition) is 3. The summed E-state index contributed by atoms with van der Waals surface area (Å²) in [6, 6.07) is 0. The van der Waals surface area contributed by atoms with E-state index in [0.717, 1.165) is 6.42 Å². The molecule has 0 aromatic rings. The van der Waals surface area contributed by atoms with E-state index in [-0.39, 0.29) is 35.7 Å². The van der Waals surface area contributed by atoms with Gasteiger partial charge in [-0.15, -0.1) is 0 Å². The molecule has 1 atom stereocenters. The van der Waals surface area contributed by atoms with E-state index in [2.05, 4.69) is 6.92 Å². The zero-order chi connectivity index (χ0) is 15.9. The molecular formula is C14H33NaO5S. The van der Waals surface area contributed by atoms with Crippen molar-refractivity contribution in [3.63, 3.8) is 0 Å². The van der Waals surface area contributed by atoms with Gasteiger partial charge < -0.3 is 5.11 Å². The average Bonchev–Trinajstić information content (AvgIpc) is 2.29. The van der Waals surface area contributed by atoms with Crippen molar-refractivity contribution in [3.05, 3.63) is 0 Å². The van der Waals surface area contributed by atoms with Gasteiger partial charge in [0.2, 0.25) is 0 Å². The zero-order valence-corrected chi connectivity index (χ0v) is 13.7. The maximum absolute atomic E-state index is 9.08. The maximum atomic E-state index is 9.08. The Bertz CT molecular complexity index is 273. The van der Waals surface area contributed by atoms with Crippen molar-refractivity contribution in [2.45, 2.75) is 90.6 Å². The second-order valence-corrected chi connectivity index (χ2v) is 6.16. The molecule has 0 heterocycles. The van der Waals surface area contributed by atoms with E-state index >= 15 is 0 Å². The van der Waals surface area contributed by atoms with Crippen LogP contribution in [0.2, 0.25) is 0 Å². The Morgan fingerprint density at radius 2 is 1.10 bits per heavy atom. The summed E-state index contributed by atoms with van der Waals surface area (Å²) in [6.07, 6.45) is 14.6. The molecule has 0 aromatic heterocycles. The van der Waals surface area contributed by atoms with Crippen LogP contribution in [-0.4, -0.2) is 58.3 Å². The third kappa shape index (κ3) is 44.9. The van der Waals surface area contributed by atoms with E-state index in [9.17, 15) is 0 Å². The van der Waals surface area contributed by atoms with E-state index in [4.69, 9.17) is 22.6 Å². The van der Waals surface area contributed by atoms with Crippen LogP contribution < -0.4 is 0 Å². The van der Waals surface area contributed by atoms with Crippen LogP contribution in [0.5, 0.6) is 0 Å². The molecule has 0 amide bonds. The van der Waals surface area contributed by atoms with Crippen LogP contribution in [0, 0.1) is 0 Å². The molecule has 0 aromatic carbocycles. The zero-order valence-electron chi connectivity index (χ0n) is 12.9. The minimum absolute atomic E-state index is 0. The second kappa shape index (κ2) is 18.9. The standard InChI is InChI=1S/C14H30O.Na.H2O4S.H/c1-3-4-5-6-7-8-9-10-11-12-13-14(2)15;;1-5(2,3)4;/h14-15H,3-13H2,1-2H3;;(H2,1,2,3,4);. The van der Waals surface area contributed by atoms with Crippen LogP contribution >= 0.6 is 0 Å². The topological polar surface area (TPSA) is 94.8 Å². The molecule has 5 nitrogen and oxygen atoms in total. The molecule has 126 valence electrons. The fourth-order valence-corrected chi connectivity index (χ4v) is 1.93. The molecular weight excluding hydrogens is 303 g/mol. The Labute approximate surface area is 152 Å². The van der Waals surface area contributed by atoms with Gasteiger partial charge >= 0.3 is 40.0 Å². The first-order valence-corrected chi connectivity index (χ1v) is 9.05. The first-order valence-electron chi connectivity index (χ1n) is 7.65. The summed E-state index contributed by atoms with van der Waals surface area (Å²) in [4.78, 5) is 0. The van der Waals surface area contributed by atoms with Gasteiger partial charge in [-0.05, 0) is 13.3 Å². The van der Waals surface area contributed by atoms with Crippen molar-refractivity contribution < 1.29 is 22.6 Å². The molecule has 21 heavy (non-hydrogen) atoms. The summed E-state index contributed by atoms with van der Waals surface area (Å²) >= 11 is 0. The molecule has 0 saturated heterocycles. The monoisotopic (exact) mass is 336 g/mol. The van der Waals surface area contributed by atoms with Gasteiger partial charge in [-0.25, -0.2) is 0 Å². The molecule has 3 N–H and O–H groups in total. The summed E-state index contributed by atoms with van der Waals surface area (Å²) in [5, 5.41) is 9.08. The SMILES string of the molecule is CCCCCCCCCCCCC(C)O.O=S(=O)(O)O.[NaH]. The quantitative estimate of drug-likeness (QED) is 0.305. The van der Waals surface area contributed by atoms with Crippen molar-refractivity contribution >= 4 is 40.0 Å². The van der Waals surface area contributed by atoms with E-state index in [1.54, 1.807) is 0 Å². The normalized spacial score (nSPS) is 12.0. The molecule has 0 bridgehead atoms. The minimum atomic E-state index is -4.67. The third-order valence-corrected chi connectivity index (χ3v) is 2.98. The van der Waals surface area contributed by atoms with E-state index in [1.165, 1.54) is 64.2 Å². The number of aliphatic hydroxyl groups excluding tert-OH is 1. The molecule has 0 spiro atoms. The van der Waals surface area contributed by atoms with Crippen LogP contribution in [0.15, 0.2) is 0 Å². The van der Waals surface area contributed by atoms with Crippen LogP contribution in [0.4, 0.5) is 0 Å². The third-order valence-electron chi connectivity index (χ3n) is 2.98. The van der Waals surface area contributed by atoms with Gasteiger partial charge in [-0.2, -0.15) is 8.42 Å². The van der Waals surface area contributed by atoms with Crippen molar-refractivity contribution in [3.8, 4) is 0 Å². The molecule has 0 radical (unpaired) electrons. The molecule has 0 fully saturated rings. The summed E-state index contributed by atoms with van der Waals surface area (Å²) in [6.45, 7) is 4.15. The molecule has 0 saturated carbocycles. The summed E-state index contributed by atoms with van der Waals surface area (Å²) in [5.41, 5.74) is 0. The Hall–Kier alpha value is 0.830. The Morgan fingerprint density at radius 1 is 0.810 bits per heavy atom. The van der Waals surface area contributed by atoms with Gasteiger partial charge in [0.05, 0.1) is 6.10 Å². The summed E-state index contributed by atoms with van der Waals surface area (Å²) in [5.74, 6) is 0. The van der Waals surface area contributed by atoms with Gasteiger partial charge in [-0.1, -0.05) is 71.1 Å². The molecule has 0 aliphatic rings. The van der Waals surface area contributed by atoms with Crippen LogP contribution in [0.3, 0.4) is 0 Å². The van der Waals surface area contributed by atoms with E-state index in [1.807, 2.05) is 6.92 Å². The second-order valence-electron chi connectivity index (χ2n) is 5.27. The average molecular weight is 336 g/mol. The van der Waals surface area contributed by atoms with Gasteiger partial charge in [0.15, 0.2) is 0 Å². The first-order chi connectivity index (χ1) is 9.27. The molecule has 0 aliphatic heterocycles. The Balaban J connectivity index is -0.000000465. The van der Waals surface area contributed by atoms with E-state index in [0.29, 0.717) is 0 Å². The van der Waals surface area contributed by atoms with E-state index < -0.39 is 10.4 Å². The van der Waals surface area contributed by atoms with Crippen molar-refractivity contribution in [2.24, 2.45) is 0 Å². The predicted molar refractivity (Wildman–Crippen MR) is 89.5 cm³/mol. The number of rotatable bonds is 11. The van der Waals surface area contributed by atoms with Gasteiger partial charge in [-0.3, -0.25) is 9.11 Å². The van der Waals surface area contributed by atoms with Crippen molar-refractivity contribution in [1.29, 1.82) is 0 Å². The van der Waals surface area contributed by atoms with Gasteiger partial charge in [0.1, 0.15) is 0 Å². The number of unbranched alkanes of at least 4 members (excludes halogenated alkanes) is 9. The van der Waals surface area contributed by atoms with Gasteiger partial charge in [0, 0.05) is 0 Å². The molecule has 1 unspecified atom stereocenters. The number of hydrogen-bond acceptors (Lipinski definition) is 3. The summed E-state index contributed by atoms with van der Waals surface area (Å²) in [7, 11) is -4.67. The fraction of sp³-hybridized carbons (Fsp3) is 1.00. The molecule has 0 aliphatic carbocycles. The summed E-state index contributed by atoms with van der Waals surface area (Å²) < 4.78 is 31.6. The van der Waals surface area contributed by atoms with Crippen LogP contribution in [0.25, 0.3) is 0 Å². The molecule has 0 rings (SSSR count).